The van der Waals surface area contributed by atoms with Crippen LogP contribution in [0, 0.1) is 13.8 Å². The number of aliphatic hydroxyl groups excluding tert-OH is 1. The number of halogens is 9. The number of aryl methyl sites for hydroxylation is 2. The average molecular weight is 1460 g/mol. The third-order valence-electron chi connectivity index (χ3n) is 8.19. The second-order valence-corrected chi connectivity index (χ2v) is 28.4. The fourth-order valence-electron chi connectivity index (χ4n) is 5.20. The van der Waals surface area contributed by atoms with Crippen molar-refractivity contribution in [2.75, 3.05) is 42.7 Å². The van der Waals surface area contributed by atoms with Crippen LogP contribution in [0.15, 0.2) is 36.4 Å². The summed E-state index contributed by atoms with van der Waals surface area (Å²) in [5, 5.41) is 12.6. The minimum atomic E-state index is -0.916. The molecule has 0 spiro atoms. The van der Waals surface area contributed by atoms with E-state index in [9.17, 15) is 9.90 Å². The monoisotopic (exact) mass is 1460 g/mol. The number of benzene rings is 2. The van der Waals surface area contributed by atoms with Crippen LogP contribution in [0.25, 0.3) is 0 Å². The molecule has 0 aliphatic carbocycles. The normalized spacial score (nSPS) is 28.3. The predicted octanol–water partition coefficient (Wildman–Crippen LogP) is 6.92. The first-order valence-electron chi connectivity index (χ1n) is 14.5. The Kier molecular flexibility index (Phi) is 32.2. The quantitative estimate of drug-likeness (QED) is 0.210. The molecule has 298 valence electrons. The summed E-state index contributed by atoms with van der Waals surface area (Å²) in [6, 6.07) is 11.0. The third-order valence-corrected chi connectivity index (χ3v) is 9.34. The second-order valence-electron chi connectivity index (χ2n) is 11.0. The van der Waals surface area contributed by atoms with Crippen LogP contribution in [-0.4, -0.2) is 102 Å². The van der Waals surface area contributed by atoms with Gasteiger partial charge >= 0.3 is 50.5 Å². The Bertz CT molecular complexity index is 1280. The van der Waals surface area contributed by atoms with Crippen molar-refractivity contribution >= 4 is 140 Å². The van der Waals surface area contributed by atoms with Crippen LogP contribution in [0.2, 0.25) is 15.1 Å². The first-order chi connectivity index (χ1) is 23.6. The van der Waals surface area contributed by atoms with Gasteiger partial charge in [0.25, 0.3) is 0 Å². The molecule has 2 heterocycles. The molecule has 4 rings (SSSR count). The molecule has 2 unspecified atom stereocenters. The number of ether oxygens (including phenoxy) is 8. The molecule has 0 amide bonds. The van der Waals surface area contributed by atoms with Crippen LogP contribution < -0.4 is 13.3 Å². The van der Waals surface area contributed by atoms with Gasteiger partial charge in [0.2, 0.25) is 0 Å². The molecule has 0 radical (unpaired) electrons. The number of hydrogen-bond acceptors (Lipinski definition) is 10. The van der Waals surface area contributed by atoms with Crippen molar-refractivity contribution in [2.45, 2.75) is 82.0 Å². The maximum absolute atomic E-state index is 10.8. The molecule has 2 aliphatic heterocycles. The maximum atomic E-state index is 10.8. The van der Waals surface area contributed by atoms with Gasteiger partial charge in [0.1, 0.15) is 41.7 Å². The summed E-state index contributed by atoms with van der Waals surface area (Å²) >= 11 is 27.0. The number of aldehydes is 1. The van der Waals surface area contributed by atoms with E-state index in [1.165, 1.54) is 28.4 Å². The molecule has 2 aromatic carbocycles. The Morgan fingerprint density at radius 2 is 1.27 bits per heavy atom. The zero-order valence-electron chi connectivity index (χ0n) is 29.6. The van der Waals surface area contributed by atoms with Crippen LogP contribution in [0.3, 0.4) is 0 Å². The van der Waals surface area contributed by atoms with Gasteiger partial charge in [-0.2, -0.15) is 0 Å². The van der Waals surface area contributed by atoms with Crippen LogP contribution in [0.1, 0.15) is 36.6 Å². The van der Waals surface area contributed by atoms with Crippen LogP contribution in [0.5, 0.6) is 0 Å². The van der Waals surface area contributed by atoms with Crippen molar-refractivity contribution in [3.8, 4) is 0 Å². The van der Waals surface area contributed by atoms with Gasteiger partial charge in [0.15, 0.2) is 18.9 Å². The number of methoxy groups -OCH3 is 6. The molecule has 0 bridgehead atoms. The van der Waals surface area contributed by atoms with E-state index in [4.69, 9.17) is 72.7 Å². The molecule has 0 saturated carbocycles. The summed E-state index contributed by atoms with van der Waals surface area (Å²) in [6.45, 7) is 7.48. The first-order valence-corrected chi connectivity index (χ1v) is 34.5. The first kappa shape index (κ1) is 56.1. The van der Waals surface area contributed by atoms with Crippen molar-refractivity contribution in [1.82, 2.24) is 0 Å². The van der Waals surface area contributed by atoms with Crippen molar-refractivity contribution in [1.29, 1.82) is 0 Å². The van der Waals surface area contributed by atoms with E-state index in [0.717, 1.165) is 11.1 Å². The molecule has 2 aromatic rings. The van der Waals surface area contributed by atoms with E-state index in [-0.39, 0.29) is 24.0 Å². The Labute approximate surface area is 387 Å². The molecule has 1 N–H and O–H groups in total. The Morgan fingerprint density at radius 3 is 1.67 bits per heavy atom. The van der Waals surface area contributed by atoms with Crippen molar-refractivity contribution < 1.29 is 61.1 Å². The molecule has 51 heavy (non-hydrogen) atoms. The van der Waals surface area contributed by atoms with Crippen molar-refractivity contribution in [3.63, 3.8) is 0 Å². The Hall–Kier alpha value is 3.00. The number of carbonyl (C=O) groups is 1. The zero-order valence-corrected chi connectivity index (χ0v) is 45.0. The summed E-state index contributed by atoms with van der Waals surface area (Å²) < 4.78 is 43.1. The van der Waals surface area contributed by atoms with Gasteiger partial charge in [-0.05, 0) is 62.6 Å². The standard InChI is InChI=1S/C16H23ClO5.C9H16O5.C7H6Cl2.I3.I2.HI/c1-9-6-7-10(8-11(9)17)12(18)13-16(2,21-5)14(19-3)15(20-4)22-13;1-9(13-4)6(5-10)14-8(12-3)7(9)11-2;1-5-2-3-6(8)7(9)4-5;1-3-2;1-2;/h6-8,12-15,18H,1-5H3;5-8H,1-4H3;2-4H,1H3;;;1H/q;;;-1;;/t12-,13-,14+,15?,16-;6-,7+,8?,9-;;;;/m11..../s1. The van der Waals surface area contributed by atoms with Gasteiger partial charge in [-0.1, -0.05) is 53.0 Å². The van der Waals surface area contributed by atoms with Gasteiger partial charge in [-0.3, -0.25) is 0 Å². The van der Waals surface area contributed by atoms with Crippen molar-refractivity contribution in [3.05, 3.63) is 68.2 Å². The fourth-order valence-corrected chi connectivity index (χ4v) is 5.75. The van der Waals surface area contributed by atoms with Gasteiger partial charge in [-0.25, -0.2) is 0 Å². The number of rotatable bonds is 9. The van der Waals surface area contributed by atoms with Gasteiger partial charge in [0, 0.05) is 84.9 Å². The molecule has 10 nitrogen and oxygen atoms in total. The number of carbonyl (C=O) groups excluding carboxylic acids is 1. The van der Waals surface area contributed by atoms with Gasteiger partial charge in [0.05, 0.1) is 10.0 Å². The van der Waals surface area contributed by atoms with E-state index in [0.29, 0.717) is 40.2 Å². The summed E-state index contributed by atoms with van der Waals surface area (Å²) in [5.74, 6) is 0. The zero-order chi connectivity index (χ0) is 38.8. The van der Waals surface area contributed by atoms with Crippen LogP contribution in [-0.2, 0) is 42.7 Å². The summed E-state index contributed by atoms with van der Waals surface area (Å²) in [4.78, 5) is 10.8. The van der Waals surface area contributed by atoms with Crippen molar-refractivity contribution in [2.24, 2.45) is 0 Å². The summed E-state index contributed by atoms with van der Waals surface area (Å²) in [7, 11) is 9.21. The minimum absolute atomic E-state index is 0. The number of hydrogen-bond donors (Lipinski definition) is 1. The summed E-state index contributed by atoms with van der Waals surface area (Å²) in [5.41, 5.74) is 1.09. The number of aliphatic hydroxyl groups is 1. The average Bonchev–Trinajstić information content (AvgIpc) is 3.58. The van der Waals surface area contributed by atoms with E-state index < -0.39 is 54.3 Å². The summed E-state index contributed by atoms with van der Waals surface area (Å²) in [6.07, 6.45) is -3.57. The van der Waals surface area contributed by atoms with E-state index >= 15 is 0 Å². The van der Waals surface area contributed by atoms with E-state index in [1.54, 1.807) is 33.3 Å². The molecule has 0 aromatic heterocycles. The SMILES string of the molecule is COC1O[C@H](C=O)[C@@](C)(OC)[C@H]1OC.COC1O[C@H]([C@H](O)c2ccc(C)c(Cl)c2)[C@@](C)(OC)[C@H]1OC.Cc1ccc(Cl)c(Cl)c1.I.II.I[I-]I. The topological polar surface area (TPSA) is 111 Å². The Balaban J connectivity index is 0. The molecule has 2 saturated heterocycles. The predicted molar refractivity (Wildman–Crippen MR) is 244 cm³/mol. The van der Waals surface area contributed by atoms with E-state index in [1.807, 2.05) is 45.0 Å². The molecule has 9 atom stereocenters. The molecular formula is C32H46Cl3I6O10-. The van der Waals surface area contributed by atoms with E-state index in [2.05, 4.69) is 74.5 Å². The van der Waals surface area contributed by atoms with Gasteiger partial charge in [-0.15, -0.1) is 24.0 Å². The second kappa shape index (κ2) is 29.2. The fraction of sp³-hybridized carbons (Fsp3) is 0.594. The van der Waals surface area contributed by atoms with Crippen LogP contribution >= 0.6 is 133 Å². The molecule has 2 fully saturated rings. The van der Waals surface area contributed by atoms with Crippen LogP contribution in [0.4, 0.5) is 0 Å². The molecular weight excluding hydrogens is 1410 g/mol. The Morgan fingerprint density at radius 1 is 0.784 bits per heavy atom. The third kappa shape index (κ3) is 15.9. The molecule has 2 aliphatic rings. The molecule has 19 heteroatoms. The van der Waals surface area contributed by atoms with Gasteiger partial charge < -0.3 is 47.8 Å².